The van der Waals surface area contributed by atoms with E-state index in [0.29, 0.717) is 6.54 Å². The summed E-state index contributed by atoms with van der Waals surface area (Å²) in [5, 5.41) is 24.3. The highest BCUT2D eigenvalue weighted by molar-refractivity contribution is 6.07. The first-order chi connectivity index (χ1) is 11.1. The van der Waals surface area contributed by atoms with Gasteiger partial charge in [-0.2, -0.15) is 0 Å². The van der Waals surface area contributed by atoms with Crippen molar-refractivity contribution in [2.45, 2.75) is 25.6 Å². The normalized spacial score (nSPS) is 14.2. The predicted octanol–water partition coefficient (Wildman–Crippen LogP) is 2.22. The summed E-state index contributed by atoms with van der Waals surface area (Å²) >= 11 is 0. The van der Waals surface area contributed by atoms with Crippen molar-refractivity contribution < 1.29 is 15.0 Å². The molecule has 0 bridgehead atoms. The van der Waals surface area contributed by atoms with Crippen LogP contribution >= 0.6 is 0 Å². The number of aliphatic hydroxyl groups is 1. The minimum atomic E-state index is -0.922. The molecule has 120 valence electrons. The highest BCUT2D eigenvalue weighted by atomic mass is 16.4. The Balaban J connectivity index is 1.88. The molecule has 0 aliphatic carbocycles. The molecule has 0 saturated heterocycles. The largest absolute Gasteiger partial charge is 0.480 e. The number of hydrogen-bond acceptors (Lipinski definition) is 3. The summed E-state index contributed by atoms with van der Waals surface area (Å²) in [6.07, 6.45) is -0.670. The van der Waals surface area contributed by atoms with Crippen LogP contribution in [0.3, 0.4) is 0 Å². The standard InChI is InChI=1S/C18H20N2O3/c1-12(18(22)23)19-10-13(21)11-20-16-8-4-2-6-14(16)15-7-3-5-9-17(15)20/h2-9,12-13,19,21H,10-11H2,1H3,(H,22,23)/t12-,13+/m1/s1. The zero-order chi connectivity index (χ0) is 16.4. The van der Waals surface area contributed by atoms with Crippen molar-refractivity contribution in [3.05, 3.63) is 48.5 Å². The molecule has 2 aromatic carbocycles. The van der Waals surface area contributed by atoms with Gasteiger partial charge in [0.1, 0.15) is 6.04 Å². The summed E-state index contributed by atoms with van der Waals surface area (Å²) in [6.45, 7) is 2.21. The fourth-order valence-corrected chi connectivity index (χ4v) is 2.88. The molecule has 0 aliphatic rings. The van der Waals surface area contributed by atoms with Gasteiger partial charge >= 0.3 is 5.97 Å². The molecule has 0 spiro atoms. The zero-order valence-electron chi connectivity index (χ0n) is 12.9. The Bertz CT molecular complexity index is 787. The molecule has 2 atom stereocenters. The number of aliphatic carboxylic acids is 1. The first kappa shape index (κ1) is 15.5. The molecule has 23 heavy (non-hydrogen) atoms. The zero-order valence-corrected chi connectivity index (χ0v) is 12.9. The molecule has 0 unspecified atom stereocenters. The maximum Gasteiger partial charge on any atom is 0.320 e. The number of carbonyl (C=O) groups is 1. The Hall–Kier alpha value is -2.37. The smallest absolute Gasteiger partial charge is 0.320 e. The molecule has 5 heteroatoms. The molecule has 0 amide bonds. The molecule has 1 aromatic heterocycles. The van der Waals surface area contributed by atoms with E-state index >= 15 is 0 Å². The van der Waals surface area contributed by atoms with Crippen LogP contribution in [0.4, 0.5) is 0 Å². The van der Waals surface area contributed by atoms with E-state index in [4.69, 9.17) is 5.11 Å². The number of rotatable bonds is 6. The summed E-state index contributed by atoms with van der Waals surface area (Å²) in [5.41, 5.74) is 2.14. The quantitative estimate of drug-likeness (QED) is 0.652. The van der Waals surface area contributed by atoms with Crippen LogP contribution in [0.5, 0.6) is 0 Å². The van der Waals surface area contributed by atoms with Crippen LogP contribution in [0, 0.1) is 0 Å². The van der Waals surface area contributed by atoms with Gasteiger partial charge in [0, 0.05) is 28.4 Å². The third-order valence-corrected chi connectivity index (χ3v) is 4.10. The van der Waals surface area contributed by atoms with E-state index in [9.17, 15) is 9.90 Å². The number of aromatic nitrogens is 1. The Kier molecular flexibility index (Phi) is 4.32. The first-order valence-corrected chi connectivity index (χ1v) is 7.68. The lowest BCUT2D eigenvalue weighted by Crippen LogP contribution is -2.40. The van der Waals surface area contributed by atoms with Crippen LogP contribution in [0.15, 0.2) is 48.5 Å². The predicted molar refractivity (Wildman–Crippen MR) is 90.6 cm³/mol. The van der Waals surface area contributed by atoms with Gasteiger partial charge in [0.05, 0.1) is 12.6 Å². The lowest BCUT2D eigenvalue weighted by atomic mass is 10.2. The van der Waals surface area contributed by atoms with Crippen LogP contribution in [0.1, 0.15) is 6.92 Å². The van der Waals surface area contributed by atoms with E-state index in [1.807, 2.05) is 36.4 Å². The number of nitrogens with zero attached hydrogens (tertiary/aromatic N) is 1. The van der Waals surface area contributed by atoms with Crippen molar-refractivity contribution in [1.82, 2.24) is 9.88 Å². The van der Waals surface area contributed by atoms with Gasteiger partial charge in [-0.1, -0.05) is 36.4 Å². The molecule has 0 saturated carbocycles. The van der Waals surface area contributed by atoms with Crippen molar-refractivity contribution in [2.75, 3.05) is 6.54 Å². The Morgan fingerprint density at radius 3 is 2.13 bits per heavy atom. The van der Waals surface area contributed by atoms with Crippen molar-refractivity contribution in [3.8, 4) is 0 Å². The Morgan fingerprint density at radius 2 is 1.61 bits per heavy atom. The van der Waals surface area contributed by atoms with E-state index in [-0.39, 0.29) is 6.54 Å². The summed E-state index contributed by atoms with van der Waals surface area (Å²) in [6, 6.07) is 15.5. The van der Waals surface area contributed by atoms with Gasteiger partial charge in [0.25, 0.3) is 0 Å². The summed E-state index contributed by atoms with van der Waals surface area (Å²) in [7, 11) is 0. The summed E-state index contributed by atoms with van der Waals surface area (Å²) in [4.78, 5) is 10.8. The maximum absolute atomic E-state index is 10.8. The Morgan fingerprint density at radius 1 is 1.09 bits per heavy atom. The van der Waals surface area contributed by atoms with Gasteiger partial charge < -0.3 is 20.1 Å². The van der Waals surface area contributed by atoms with Crippen molar-refractivity contribution in [2.24, 2.45) is 0 Å². The SMILES string of the molecule is C[C@@H](NC[C@H](O)Cn1c2ccccc2c2ccccc21)C(=O)O. The molecule has 0 aliphatic heterocycles. The Labute approximate surface area is 134 Å². The topological polar surface area (TPSA) is 74.5 Å². The third-order valence-electron chi connectivity index (χ3n) is 4.10. The number of hydrogen-bond donors (Lipinski definition) is 3. The molecular weight excluding hydrogens is 292 g/mol. The van der Waals surface area contributed by atoms with Crippen LogP contribution in [-0.4, -0.2) is 39.4 Å². The second kappa shape index (κ2) is 6.40. The average Bonchev–Trinajstić information content (AvgIpc) is 2.87. The monoisotopic (exact) mass is 312 g/mol. The third kappa shape index (κ3) is 3.06. The van der Waals surface area contributed by atoms with Crippen LogP contribution in [-0.2, 0) is 11.3 Å². The van der Waals surface area contributed by atoms with Gasteiger partial charge in [0.2, 0.25) is 0 Å². The van der Waals surface area contributed by atoms with Gasteiger partial charge in [-0.3, -0.25) is 4.79 Å². The molecule has 1 heterocycles. The molecule has 0 radical (unpaired) electrons. The number of para-hydroxylation sites is 2. The van der Waals surface area contributed by atoms with Gasteiger partial charge in [0.15, 0.2) is 0 Å². The maximum atomic E-state index is 10.8. The molecule has 0 fully saturated rings. The minimum Gasteiger partial charge on any atom is -0.480 e. The van der Waals surface area contributed by atoms with Crippen LogP contribution in [0.2, 0.25) is 0 Å². The number of fused-ring (bicyclic) bond motifs is 3. The second-order valence-electron chi connectivity index (χ2n) is 5.77. The van der Waals surface area contributed by atoms with Crippen molar-refractivity contribution in [3.63, 3.8) is 0 Å². The number of nitrogens with one attached hydrogen (secondary N) is 1. The fourth-order valence-electron chi connectivity index (χ4n) is 2.88. The molecular formula is C18H20N2O3. The van der Waals surface area contributed by atoms with Gasteiger partial charge in [-0.25, -0.2) is 0 Å². The first-order valence-electron chi connectivity index (χ1n) is 7.68. The van der Waals surface area contributed by atoms with Gasteiger partial charge in [-0.05, 0) is 19.1 Å². The van der Waals surface area contributed by atoms with E-state index in [1.165, 1.54) is 0 Å². The number of carboxylic acids is 1. The molecule has 3 rings (SSSR count). The lowest BCUT2D eigenvalue weighted by molar-refractivity contribution is -0.139. The molecule has 3 N–H and O–H groups in total. The van der Waals surface area contributed by atoms with E-state index in [0.717, 1.165) is 21.8 Å². The van der Waals surface area contributed by atoms with Crippen molar-refractivity contribution in [1.29, 1.82) is 0 Å². The highest BCUT2D eigenvalue weighted by Crippen LogP contribution is 2.28. The lowest BCUT2D eigenvalue weighted by Gasteiger charge is -2.16. The molecule has 5 nitrogen and oxygen atoms in total. The number of carboxylic acid groups (broad SMARTS) is 1. The molecule has 3 aromatic rings. The highest BCUT2D eigenvalue weighted by Gasteiger charge is 2.15. The average molecular weight is 312 g/mol. The fraction of sp³-hybridized carbons (Fsp3) is 0.278. The van der Waals surface area contributed by atoms with E-state index < -0.39 is 18.1 Å². The van der Waals surface area contributed by atoms with Crippen molar-refractivity contribution >= 4 is 27.8 Å². The summed E-state index contributed by atoms with van der Waals surface area (Å²) < 4.78 is 2.09. The number of aliphatic hydroxyl groups excluding tert-OH is 1. The van der Waals surface area contributed by atoms with Crippen LogP contribution < -0.4 is 5.32 Å². The second-order valence-corrected chi connectivity index (χ2v) is 5.77. The van der Waals surface area contributed by atoms with E-state index in [2.05, 4.69) is 22.0 Å². The number of benzene rings is 2. The van der Waals surface area contributed by atoms with Crippen LogP contribution in [0.25, 0.3) is 21.8 Å². The summed E-state index contributed by atoms with van der Waals surface area (Å²) in [5.74, 6) is -0.922. The van der Waals surface area contributed by atoms with E-state index in [1.54, 1.807) is 6.92 Å². The van der Waals surface area contributed by atoms with Gasteiger partial charge in [-0.15, -0.1) is 0 Å². The minimum absolute atomic E-state index is 0.230.